The third kappa shape index (κ3) is 4.65. The summed E-state index contributed by atoms with van der Waals surface area (Å²) in [5, 5.41) is 13.0. The lowest BCUT2D eigenvalue weighted by molar-refractivity contribution is 0.396. The second-order valence-electron chi connectivity index (χ2n) is 3.04. The lowest BCUT2D eigenvalue weighted by Gasteiger charge is -2.17. The molecule has 0 radical (unpaired) electrons. The Morgan fingerprint density at radius 3 is 2.17 bits per heavy atom. The second kappa shape index (κ2) is 4.69. The molecule has 1 N–H and O–H groups in total. The molecule has 0 saturated carbocycles. The van der Waals surface area contributed by atoms with E-state index in [9.17, 15) is 0 Å². The maximum Gasteiger partial charge on any atom is 0.342 e. The van der Waals surface area contributed by atoms with Gasteiger partial charge in [0.05, 0.1) is 5.27 Å². The van der Waals surface area contributed by atoms with Gasteiger partial charge in [0.2, 0.25) is 0 Å². The summed E-state index contributed by atoms with van der Waals surface area (Å²) in [5.74, 6) is 0. The van der Waals surface area contributed by atoms with Crippen molar-refractivity contribution in [3.8, 4) is 0 Å². The molecule has 1 aromatic heterocycles. The number of nitrogens with one attached hydrogen (secondary N) is 1. The largest absolute Gasteiger partial charge is 0.342 e. The predicted octanol–water partition coefficient (Wildman–Crippen LogP) is 1.70. The van der Waals surface area contributed by atoms with E-state index in [1.807, 2.05) is 34.6 Å². The van der Waals surface area contributed by atoms with Crippen LogP contribution < -0.4 is 5.32 Å². The van der Waals surface area contributed by atoms with Crippen molar-refractivity contribution in [2.75, 3.05) is 5.32 Å². The Kier molecular flexibility index (Phi) is 4.25. The van der Waals surface area contributed by atoms with Crippen LogP contribution in [-0.2, 0) is 0 Å². The van der Waals surface area contributed by atoms with E-state index in [2.05, 4.69) is 25.4 Å². The Balaban J connectivity index is 0.000000561. The van der Waals surface area contributed by atoms with Crippen molar-refractivity contribution in [3.05, 3.63) is 0 Å². The van der Waals surface area contributed by atoms with Crippen LogP contribution in [0, 0.1) is 0 Å². The van der Waals surface area contributed by atoms with Crippen LogP contribution in [0.3, 0.4) is 0 Å². The molecule has 1 aromatic rings. The van der Waals surface area contributed by atoms with Crippen molar-refractivity contribution >= 4 is 6.01 Å². The molecule has 5 heteroatoms. The summed E-state index contributed by atoms with van der Waals surface area (Å²) < 4.78 is 4.63. The first kappa shape index (κ1) is 10.9. The molecule has 0 fully saturated rings. The van der Waals surface area contributed by atoms with Crippen LogP contribution in [0.25, 0.3) is 0 Å². The first-order valence-electron chi connectivity index (χ1n) is 4.01. The monoisotopic (exact) mass is 172 g/mol. The summed E-state index contributed by atoms with van der Waals surface area (Å²) in [7, 11) is 0. The zero-order valence-electron chi connectivity index (χ0n) is 8.25. The van der Waals surface area contributed by atoms with Crippen LogP contribution >= 0.6 is 0 Å². The van der Waals surface area contributed by atoms with Gasteiger partial charge in [-0.2, -0.15) is 0 Å². The minimum Gasteiger partial charge on any atom is -0.332 e. The third-order valence-corrected chi connectivity index (χ3v) is 0.781. The molecule has 1 heterocycles. The molecule has 1 rings (SSSR count). The van der Waals surface area contributed by atoms with Crippen molar-refractivity contribution in [2.45, 2.75) is 40.2 Å². The minimum absolute atomic E-state index is 0.0613. The van der Waals surface area contributed by atoms with Gasteiger partial charge in [-0.15, -0.1) is 0 Å². The average Bonchev–Trinajstić information content (AvgIpc) is 2.41. The molecule has 5 nitrogen and oxygen atoms in total. The standard InChI is InChI=1S/C5H10N4O.C2H6/c1-5(2,3)6-4-7-8-9-10-4;1-2/h1-3H3,(H,6,7,9);1-2H3. The fourth-order valence-electron chi connectivity index (χ4n) is 0.503. The van der Waals surface area contributed by atoms with Gasteiger partial charge in [0.1, 0.15) is 0 Å². The van der Waals surface area contributed by atoms with Crippen LogP contribution in [0.2, 0.25) is 0 Å². The lowest BCUT2D eigenvalue weighted by atomic mass is 10.1. The average molecular weight is 172 g/mol. The van der Waals surface area contributed by atoms with Crippen LogP contribution in [0.15, 0.2) is 4.52 Å². The molecule has 0 saturated heterocycles. The number of hydrogen-bond acceptors (Lipinski definition) is 5. The summed E-state index contributed by atoms with van der Waals surface area (Å²) in [5.41, 5.74) is -0.0613. The van der Waals surface area contributed by atoms with E-state index < -0.39 is 0 Å². The minimum atomic E-state index is -0.0613. The van der Waals surface area contributed by atoms with Gasteiger partial charge >= 0.3 is 6.01 Å². The molecule has 0 spiro atoms. The Bertz CT molecular complexity index is 190. The normalized spacial score (nSPS) is 10.1. The van der Waals surface area contributed by atoms with Gasteiger partial charge in [-0.05, 0) is 26.0 Å². The first-order chi connectivity index (χ1) is 5.58. The van der Waals surface area contributed by atoms with Gasteiger partial charge < -0.3 is 5.32 Å². The predicted molar refractivity (Wildman–Crippen MR) is 46.8 cm³/mol. The molecule has 70 valence electrons. The first-order valence-corrected chi connectivity index (χ1v) is 4.01. The van der Waals surface area contributed by atoms with Gasteiger partial charge in [0.15, 0.2) is 0 Å². The maximum atomic E-state index is 4.63. The van der Waals surface area contributed by atoms with Gasteiger partial charge in [0.25, 0.3) is 0 Å². The Morgan fingerprint density at radius 2 is 1.83 bits per heavy atom. The van der Waals surface area contributed by atoms with Crippen molar-refractivity contribution in [2.24, 2.45) is 0 Å². The molecule has 0 aliphatic heterocycles. The van der Waals surface area contributed by atoms with Gasteiger partial charge in [0, 0.05) is 5.54 Å². The fraction of sp³-hybridized carbons (Fsp3) is 0.857. The molecule has 0 aromatic carbocycles. The molecule has 0 atom stereocenters. The van der Waals surface area contributed by atoms with Crippen molar-refractivity contribution < 1.29 is 4.52 Å². The highest BCUT2D eigenvalue weighted by molar-refractivity contribution is 5.19. The fourth-order valence-corrected chi connectivity index (χ4v) is 0.503. The highest BCUT2D eigenvalue weighted by Gasteiger charge is 2.12. The smallest absolute Gasteiger partial charge is 0.332 e. The quantitative estimate of drug-likeness (QED) is 0.698. The molecule has 0 aliphatic carbocycles. The van der Waals surface area contributed by atoms with Crippen LogP contribution in [-0.4, -0.2) is 21.1 Å². The molecule has 0 unspecified atom stereocenters. The van der Waals surface area contributed by atoms with Crippen LogP contribution in [0.5, 0.6) is 0 Å². The zero-order chi connectivity index (χ0) is 9.61. The van der Waals surface area contributed by atoms with Crippen molar-refractivity contribution in [1.29, 1.82) is 0 Å². The molecular weight excluding hydrogens is 156 g/mol. The Hall–Kier alpha value is -1.13. The summed E-state index contributed by atoms with van der Waals surface area (Å²) >= 11 is 0. The van der Waals surface area contributed by atoms with Crippen LogP contribution in [0.1, 0.15) is 34.6 Å². The number of nitrogens with zero attached hydrogens (tertiary/aromatic N) is 3. The highest BCUT2D eigenvalue weighted by Crippen LogP contribution is 2.08. The molecular formula is C7H16N4O. The van der Waals surface area contributed by atoms with E-state index >= 15 is 0 Å². The van der Waals surface area contributed by atoms with E-state index in [-0.39, 0.29) is 5.54 Å². The summed E-state index contributed by atoms with van der Waals surface area (Å²) in [6.45, 7) is 9.99. The summed E-state index contributed by atoms with van der Waals surface area (Å²) in [6, 6.07) is 0.354. The van der Waals surface area contributed by atoms with E-state index in [4.69, 9.17) is 0 Å². The third-order valence-electron chi connectivity index (χ3n) is 0.781. The second-order valence-corrected chi connectivity index (χ2v) is 3.04. The van der Waals surface area contributed by atoms with E-state index in [0.717, 1.165) is 0 Å². The molecule has 0 bridgehead atoms. The Labute approximate surface area is 72.5 Å². The van der Waals surface area contributed by atoms with E-state index in [1.54, 1.807) is 0 Å². The van der Waals surface area contributed by atoms with Crippen molar-refractivity contribution in [3.63, 3.8) is 0 Å². The van der Waals surface area contributed by atoms with Gasteiger partial charge in [-0.3, -0.25) is 4.52 Å². The number of rotatable bonds is 1. The highest BCUT2D eigenvalue weighted by atomic mass is 16.5. The lowest BCUT2D eigenvalue weighted by Crippen LogP contribution is -2.26. The summed E-state index contributed by atoms with van der Waals surface area (Å²) in [6.07, 6.45) is 0. The zero-order valence-corrected chi connectivity index (χ0v) is 8.25. The number of hydrogen-bond donors (Lipinski definition) is 1. The molecule has 0 amide bonds. The SMILES string of the molecule is CC.CC(C)(C)Nc1nnno1. The van der Waals surface area contributed by atoms with Crippen LogP contribution in [0.4, 0.5) is 6.01 Å². The number of anilines is 1. The topological polar surface area (TPSA) is 63.8 Å². The van der Waals surface area contributed by atoms with E-state index in [0.29, 0.717) is 6.01 Å². The van der Waals surface area contributed by atoms with Gasteiger partial charge in [-0.25, -0.2) is 0 Å². The Morgan fingerprint density at radius 1 is 1.25 bits per heavy atom. The maximum absolute atomic E-state index is 4.63. The number of aromatic nitrogens is 3. The molecule has 12 heavy (non-hydrogen) atoms. The van der Waals surface area contributed by atoms with Crippen molar-refractivity contribution in [1.82, 2.24) is 15.6 Å². The summed E-state index contributed by atoms with van der Waals surface area (Å²) in [4.78, 5) is 0. The molecule has 0 aliphatic rings. The van der Waals surface area contributed by atoms with E-state index in [1.165, 1.54) is 0 Å². The van der Waals surface area contributed by atoms with Gasteiger partial charge in [-0.1, -0.05) is 18.9 Å².